The average Bonchev–Trinajstić information content (AvgIpc) is 3.14. The SMILES string of the molecule is Cc1ncn(C)c1-c1cc2c(c3c1CCC3)NC(C)(C)C(C)(C)C2(C)C. The number of hydrogen-bond acceptors (Lipinski definition) is 2. The topological polar surface area (TPSA) is 29.9 Å². The zero-order valence-corrected chi connectivity index (χ0v) is 17.7. The minimum Gasteiger partial charge on any atom is -0.379 e. The van der Waals surface area contributed by atoms with Crippen LogP contribution in [0.2, 0.25) is 0 Å². The van der Waals surface area contributed by atoms with E-state index in [-0.39, 0.29) is 16.4 Å². The van der Waals surface area contributed by atoms with Crippen molar-refractivity contribution in [3.63, 3.8) is 0 Å². The number of hydrogen-bond donors (Lipinski definition) is 1. The second-order valence-electron chi connectivity index (χ2n) is 9.95. The van der Waals surface area contributed by atoms with E-state index in [0.29, 0.717) is 0 Å². The molecule has 0 fully saturated rings. The summed E-state index contributed by atoms with van der Waals surface area (Å²) in [4.78, 5) is 4.57. The molecule has 2 aliphatic rings. The summed E-state index contributed by atoms with van der Waals surface area (Å²) in [5.41, 5.74) is 10.0. The molecule has 140 valence electrons. The van der Waals surface area contributed by atoms with Gasteiger partial charge in [-0.25, -0.2) is 4.98 Å². The number of benzene rings is 1. The fourth-order valence-corrected chi connectivity index (χ4v) is 5.15. The molecule has 2 aromatic rings. The predicted molar refractivity (Wildman–Crippen MR) is 110 cm³/mol. The Bertz CT molecular complexity index is 877. The maximum atomic E-state index is 4.57. The van der Waals surface area contributed by atoms with E-state index in [1.807, 2.05) is 6.33 Å². The molecule has 1 N–H and O–H groups in total. The Morgan fingerprint density at radius 1 is 1.04 bits per heavy atom. The number of aromatic nitrogens is 2. The number of imidazole rings is 1. The van der Waals surface area contributed by atoms with Gasteiger partial charge in [0.2, 0.25) is 0 Å². The molecule has 0 atom stereocenters. The van der Waals surface area contributed by atoms with Gasteiger partial charge in [-0.05, 0) is 73.6 Å². The number of nitrogens with zero attached hydrogens (tertiary/aromatic N) is 2. The molecule has 1 aliphatic carbocycles. The molecule has 0 radical (unpaired) electrons. The smallest absolute Gasteiger partial charge is 0.0951 e. The zero-order chi connectivity index (χ0) is 19.1. The van der Waals surface area contributed by atoms with Crippen LogP contribution < -0.4 is 5.32 Å². The molecule has 0 unspecified atom stereocenters. The van der Waals surface area contributed by atoms with Crippen molar-refractivity contribution in [3.05, 3.63) is 34.8 Å². The summed E-state index contributed by atoms with van der Waals surface area (Å²) < 4.78 is 2.19. The monoisotopic (exact) mass is 351 g/mol. The average molecular weight is 352 g/mol. The van der Waals surface area contributed by atoms with E-state index in [9.17, 15) is 0 Å². The van der Waals surface area contributed by atoms with Crippen LogP contribution in [0.5, 0.6) is 0 Å². The van der Waals surface area contributed by atoms with Crippen molar-refractivity contribution in [1.82, 2.24) is 9.55 Å². The van der Waals surface area contributed by atoms with Crippen molar-refractivity contribution in [2.45, 2.75) is 78.7 Å². The molecule has 1 aromatic heterocycles. The number of aryl methyl sites for hydroxylation is 2. The van der Waals surface area contributed by atoms with Crippen LogP contribution in [-0.4, -0.2) is 15.1 Å². The van der Waals surface area contributed by atoms with E-state index in [0.717, 1.165) is 5.69 Å². The highest BCUT2D eigenvalue weighted by molar-refractivity contribution is 5.79. The van der Waals surface area contributed by atoms with Crippen LogP contribution in [0.25, 0.3) is 11.3 Å². The first-order chi connectivity index (χ1) is 12.0. The van der Waals surface area contributed by atoms with Crippen molar-refractivity contribution >= 4 is 5.69 Å². The quantitative estimate of drug-likeness (QED) is 0.746. The lowest BCUT2D eigenvalue weighted by molar-refractivity contribution is 0.102. The lowest BCUT2D eigenvalue weighted by Gasteiger charge is -2.58. The largest absolute Gasteiger partial charge is 0.379 e. The van der Waals surface area contributed by atoms with Gasteiger partial charge in [0.15, 0.2) is 0 Å². The van der Waals surface area contributed by atoms with Gasteiger partial charge in [0, 0.05) is 23.8 Å². The molecule has 3 nitrogen and oxygen atoms in total. The highest BCUT2D eigenvalue weighted by atomic mass is 15.0. The van der Waals surface area contributed by atoms with Crippen LogP contribution in [0.1, 0.15) is 70.3 Å². The molecule has 0 bridgehead atoms. The van der Waals surface area contributed by atoms with Crippen molar-refractivity contribution in [1.29, 1.82) is 0 Å². The molecule has 26 heavy (non-hydrogen) atoms. The maximum absolute atomic E-state index is 4.57. The van der Waals surface area contributed by atoms with E-state index in [4.69, 9.17) is 0 Å². The molecule has 3 heteroatoms. The van der Waals surface area contributed by atoms with E-state index in [1.54, 1.807) is 5.56 Å². The van der Waals surface area contributed by atoms with E-state index in [2.05, 4.69) is 76.4 Å². The third kappa shape index (κ3) is 2.03. The second kappa shape index (κ2) is 5.15. The molecule has 2 heterocycles. The van der Waals surface area contributed by atoms with E-state index >= 15 is 0 Å². The van der Waals surface area contributed by atoms with Crippen LogP contribution in [0.15, 0.2) is 12.4 Å². The van der Waals surface area contributed by atoms with Gasteiger partial charge in [0.25, 0.3) is 0 Å². The Balaban J connectivity index is 2.06. The number of rotatable bonds is 1. The summed E-state index contributed by atoms with van der Waals surface area (Å²) in [5.74, 6) is 0. The summed E-state index contributed by atoms with van der Waals surface area (Å²) in [5, 5.41) is 3.96. The van der Waals surface area contributed by atoms with Crippen molar-refractivity contribution in [3.8, 4) is 11.3 Å². The van der Waals surface area contributed by atoms with E-state index in [1.165, 1.54) is 47.3 Å². The lowest BCUT2D eigenvalue weighted by atomic mass is 9.53. The number of anilines is 1. The Hall–Kier alpha value is -1.77. The van der Waals surface area contributed by atoms with Crippen molar-refractivity contribution in [2.24, 2.45) is 12.5 Å². The van der Waals surface area contributed by atoms with Gasteiger partial charge in [-0.1, -0.05) is 27.7 Å². The molecule has 0 saturated heterocycles. The number of fused-ring (bicyclic) bond motifs is 3. The normalized spacial score (nSPS) is 21.8. The Labute approximate surface area is 158 Å². The fraction of sp³-hybridized carbons (Fsp3) is 0.609. The third-order valence-corrected chi connectivity index (χ3v) is 8.01. The Kier molecular flexibility index (Phi) is 3.49. The first-order valence-electron chi connectivity index (χ1n) is 9.95. The Morgan fingerprint density at radius 3 is 2.31 bits per heavy atom. The minimum atomic E-state index is 0.0455. The van der Waals surface area contributed by atoms with Gasteiger partial charge in [0.1, 0.15) is 0 Å². The van der Waals surface area contributed by atoms with Gasteiger partial charge in [-0.3, -0.25) is 0 Å². The molecule has 1 aromatic carbocycles. The first-order valence-corrected chi connectivity index (χ1v) is 9.95. The third-order valence-electron chi connectivity index (χ3n) is 8.01. The van der Waals surface area contributed by atoms with Gasteiger partial charge in [0.05, 0.1) is 17.7 Å². The van der Waals surface area contributed by atoms with Crippen LogP contribution >= 0.6 is 0 Å². The molecule has 0 spiro atoms. The molecule has 1 aliphatic heterocycles. The highest BCUT2D eigenvalue weighted by Gasteiger charge is 2.54. The lowest BCUT2D eigenvalue weighted by Crippen LogP contribution is -2.59. The second-order valence-corrected chi connectivity index (χ2v) is 9.95. The van der Waals surface area contributed by atoms with Gasteiger partial charge in [-0.15, -0.1) is 0 Å². The summed E-state index contributed by atoms with van der Waals surface area (Å²) in [6.07, 6.45) is 5.56. The zero-order valence-electron chi connectivity index (χ0n) is 17.7. The minimum absolute atomic E-state index is 0.0455. The maximum Gasteiger partial charge on any atom is 0.0951 e. The van der Waals surface area contributed by atoms with Crippen LogP contribution in [0.4, 0.5) is 5.69 Å². The van der Waals surface area contributed by atoms with Crippen LogP contribution in [0, 0.1) is 12.3 Å². The van der Waals surface area contributed by atoms with Gasteiger partial charge in [-0.2, -0.15) is 0 Å². The summed E-state index contributed by atoms with van der Waals surface area (Å²) >= 11 is 0. The molecule has 4 rings (SSSR count). The predicted octanol–water partition coefficient (Wildman–Crippen LogP) is 5.39. The summed E-state index contributed by atoms with van der Waals surface area (Å²) in [7, 11) is 2.12. The molecular formula is C23H33N3. The van der Waals surface area contributed by atoms with Gasteiger partial charge >= 0.3 is 0 Å². The van der Waals surface area contributed by atoms with E-state index < -0.39 is 0 Å². The van der Waals surface area contributed by atoms with Crippen LogP contribution in [0.3, 0.4) is 0 Å². The summed E-state index contributed by atoms with van der Waals surface area (Å²) in [6.45, 7) is 16.5. The first kappa shape index (κ1) is 17.6. The Morgan fingerprint density at radius 2 is 1.69 bits per heavy atom. The molecule has 0 amide bonds. The highest BCUT2D eigenvalue weighted by Crippen LogP contribution is 2.57. The molecule has 0 saturated carbocycles. The van der Waals surface area contributed by atoms with Crippen molar-refractivity contribution < 1.29 is 0 Å². The fourth-order valence-electron chi connectivity index (χ4n) is 5.15. The van der Waals surface area contributed by atoms with Crippen LogP contribution in [-0.2, 0) is 25.3 Å². The molecular weight excluding hydrogens is 318 g/mol. The number of nitrogens with one attached hydrogen (secondary N) is 1. The van der Waals surface area contributed by atoms with Crippen molar-refractivity contribution in [2.75, 3.05) is 5.32 Å². The standard InChI is InChI=1S/C23H33N3/c1-14-20(26(8)13-24-14)17-12-18-19(16-11-9-10-15(16)17)25-23(6,7)22(4,5)21(18,2)3/h12-13,25H,9-11H2,1-8H3. The van der Waals surface area contributed by atoms with Gasteiger partial charge < -0.3 is 9.88 Å². The summed E-state index contributed by atoms with van der Waals surface area (Å²) in [6, 6.07) is 2.48.